The van der Waals surface area contributed by atoms with Gasteiger partial charge < -0.3 is 14.0 Å². The van der Waals surface area contributed by atoms with Crippen LogP contribution in [0.2, 0.25) is 16.6 Å². The lowest BCUT2D eigenvalue weighted by Crippen LogP contribution is -2.60. The van der Waals surface area contributed by atoms with Gasteiger partial charge in [0.1, 0.15) is 11.9 Å². The zero-order valence-electron chi connectivity index (χ0n) is 19.0. The van der Waals surface area contributed by atoms with E-state index >= 15 is 0 Å². The first-order chi connectivity index (χ1) is 12.3. The number of ether oxygens (including phenoxy) is 1. The van der Waals surface area contributed by atoms with Crippen LogP contribution in [0.3, 0.4) is 0 Å². The van der Waals surface area contributed by atoms with Crippen molar-refractivity contribution >= 4 is 20.7 Å². The highest BCUT2D eigenvalue weighted by Gasteiger charge is 2.49. The van der Waals surface area contributed by atoms with E-state index in [0.717, 1.165) is 12.7 Å². The van der Waals surface area contributed by atoms with E-state index in [-0.39, 0.29) is 12.1 Å². The van der Waals surface area contributed by atoms with Crippen molar-refractivity contribution < 1.29 is 18.8 Å². The molecule has 0 aromatic rings. The molecule has 0 radical (unpaired) electrons. The molecular formula is C21H41NO4Si. The lowest BCUT2D eigenvalue weighted by atomic mass is 9.95. The molecule has 6 heteroatoms. The van der Waals surface area contributed by atoms with E-state index in [1.165, 1.54) is 0 Å². The number of hydrogen-bond donors (Lipinski definition) is 0. The Morgan fingerprint density at radius 1 is 1.04 bits per heavy atom. The largest absolute Gasteiger partial charge is 0.444 e. The molecule has 0 spiro atoms. The Labute approximate surface area is 167 Å². The van der Waals surface area contributed by atoms with Crippen molar-refractivity contribution in [3.05, 3.63) is 0 Å². The summed E-state index contributed by atoms with van der Waals surface area (Å²) in [6.07, 6.45) is 1.80. The van der Waals surface area contributed by atoms with E-state index in [1.54, 1.807) is 4.90 Å². The van der Waals surface area contributed by atoms with Crippen molar-refractivity contribution in [3.63, 3.8) is 0 Å². The molecule has 1 saturated heterocycles. The lowest BCUT2D eigenvalue weighted by molar-refractivity contribution is -0.117. The standard InChI is InChI=1S/C21H41NO4Si/c1-14(2)27(15(3)4,16(5)6)26-19-12-11-18(13-23)22(17(19)7)20(24)25-21(8,9)10/h13-19H,11-12H2,1-10H3/t17-,18+,19+/m0/s1. The fourth-order valence-corrected chi connectivity index (χ4v) is 10.4. The molecule has 1 rings (SSSR count). The van der Waals surface area contributed by atoms with E-state index in [2.05, 4.69) is 41.5 Å². The summed E-state index contributed by atoms with van der Waals surface area (Å²) in [5.41, 5.74) is 0.833. The highest BCUT2D eigenvalue weighted by atomic mass is 28.4. The van der Waals surface area contributed by atoms with E-state index in [1.807, 2.05) is 27.7 Å². The third-order valence-corrected chi connectivity index (χ3v) is 12.0. The van der Waals surface area contributed by atoms with Crippen LogP contribution in [0.4, 0.5) is 4.79 Å². The predicted octanol–water partition coefficient (Wildman–Crippen LogP) is 5.53. The average molecular weight is 400 g/mol. The Morgan fingerprint density at radius 2 is 1.52 bits per heavy atom. The number of likely N-dealkylation sites (tertiary alicyclic amines) is 1. The monoisotopic (exact) mass is 399 g/mol. The van der Waals surface area contributed by atoms with E-state index < -0.39 is 26.1 Å². The summed E-state index contributed by atoms with van der Waals surface area (Å²) in [6.45, 7) is 21.1. The van der Waals surface area contributed by atoms with Gasteiger partial charge >= 0.3 is 6.09 Å². The van der Waals surface area contributed by atoms with Crippen LogP contribution in [0.5, 0.6) is 0 Å². The number of hydrogen-bond acceptors (Lipinski definition) is 4. The fourth-order valence-electron chi connectivity index (χ4n) is 4.77. The van der Waals surface area contributed by atoms with E-state index in [9.17, 15) is 9.59 Å². The zero-order valence-corrected chi connectivity index (χ0v) is 20.0. The summed E-state index contributed by atoms with van der Waals surface area (Å²) in [4.78, 5) is 26.0. The van der Waals surface area contributed by atoms with Gasteiger partial charge in [0.2, 0.25) is 8.32 Å². The summed E-state index contributed by atoms with van der Waals surface area (Å²) >= 11 is 0. The molecule has 0 aromatic heterocycles. The second-order valence-electron chi connectivity index (χ2n) is 9.88. The molecule has 27 heavy (non-hydrogen) atoms. The van der Waals surface area contributed by atoms with Gasteiger partial charge in [0.25, 0.3) is 0 Å². The SMILES string of the molecule is CC(C)[Si](O[C@@H]1CC[C@H](C=O)N(C(=O)OC(C)(C)C)[C@H]1C)(C(C)C)C(C)C. The maximum absolute atomic E-state index is 12.8. The maximum Gasteiger partial charge on any atom is 0.411 e. The van der Waals surface area contributed by atoms with Crippen LogP contribution in [0.1, 0.15) is 82.1 Å². The second-order valence-corrected chi connectivity index (χ2v) is 15.3. The third-order valence-electron chi connectivity index (χ3n) is 5.91. The Morgan fingerprint density at radius 3 is 1.89 bits per heavy atom. The molecule has 158 valence electrons. The molecule has 1 aliphatic rings. The minimum atomic E-state index is -2.07. The zero-order chi connectivity index (χ0) is 21.2. The molecule has 0 N–H and O–H groups in total. The molecule has 3 atom stereocenters. The van der Waals surface area contributed by atoms with Crippen LogP contribution < -0.4 is 0 Å². The van der Waals surface area contributed by atoms with Gasteiger partial charge in [-0.05, 0) is 57.2 Å². The van der Waals surface area contributed by atoms with Crippen LogP contribution >= 0.6 is 0 Å². The number of amides is 1. The molecule has 0 aromatic carbocycles. The number of piperidine rings is 1. The van der Waals surface area contributed by atoms with Crippen LogP contribution in [-0.2, 0) is 14.0 Å². The predicted molar refractivity (Wildman–Crippen MR) is 113 cm³/mol. The molecule has 1 heterocycles. The van der Waals surface area contributed by atoms with E-state index in [0.29, 0.717) is 23.0 Å². The summed E-state index contributed by atoms with van der Waals surface area (Å²) < 4.78 is 12.5. The highest BCUT2D eigenvalue weighted by Crippen LogP contribution is 2.44. The molecule has 1 amide bonds. The number of nitrogens with zero attached hydrogens (tertiary/aromatic N) is 1. The van der Waals surface area contributed by atoms with Gasteiger partial charge in [0.15, 0.2) is 0 Å². The number of carbonyl (C=O) groups is 2. The smallest absolute Gasteiger partial charge is 0.411 e. The van der Waals surface area contributed by atoms with Gasteiger partial charge in [-0.3, -0.25) is 4.90 Å². The first-order valence-corrected chi connectivity index (χ1v) is 12.6. The molecule has 1 fully saturated rings. The quantitative estimate of drug-likeness (QED) is 0.435. The molecule has 0 unspecified atom stereocenters. The van der Waals surface area contributed by atoms with E-state index in [4.69, 9.17) is 9.16 Å². The molecule has 5 nitrogen and oxygen atoms in total. The number of aldehydes is 1. The van der Waals surface area contributed by atoms with Crippen molar-refractivity contribution in [1.29, 1.82) is 0 Å². The fraction of sp³-hybridized carbons (Fsp3) is 0.905. The first-order valence-electron chi connectivity index (χ1n) is 10.4. The van der Waals surface area contributed by atoms with Gasteiger partial charge in [0, 0.05) is 0 Å². The summed E-state index contributed by atoms with van der Waals surface area (Å²) in [7, 11) is -2.07. The van der Waals surface area contributed by atoms with Gasteiger partial charge in [-0.15, -0.1) is 0 Å². The molecular weight excluding hydrogens is 358 g/mol. The minimum Gasteiger partial charge on any atom is -0.444 e. The topological polar surface area (TPSA) is 55.8 Å². The maximum atomic E-state index is 12.8. The number of rotatable bonds is 6. The van der Waals surface area contributed by atoms with Crippen LogP contribution in [0.15, 0.2) is 0 Å². The third kappa shape index (κ3) is 5.34. The Balaban J connectivity index is 3.16. The Hall–Kier alpha value is -0.883. The molecule has 0 saturated carbocycles. The lowest BCUT2D eigenvalue weighted by Gasteiger charge is -2.50. The normalized spacial score (nSPS) is 24.6. The van der Waals surface area contributed by atoms with Crippen LogP contribution in [-0.4, -0.2) is 49.4 Å². The van der Waals surface area contributed by atoms with Crippen molar-refractivity contribution in [2.45, 2.75) is 122 Å². The molecule has 0 aliphatic carbocycles. The van der Waals surface area contributed by atoms with Crippen molar-refractivity contribution in [1.82, 2.24) is 4.90 Å². The van der Waals surface area contributed by atoms with Crippen molar-refractivity contribution in [3.8, 4) is 0 Å². The summed E-state index contributed by atoms with van der Waals surface area (Å²) in [6, 6.07) is -0.630. The molecule has 1 aliphatic heterocycles. The Bertz CT molecular complexity index is 491. The average Bonchev–Trinajstić information content (AvgIpc) is 2.50. The first kappa shape index (κ1) is 24.2. The second kappa shape index (κ2) is 9.08. The van der Waals surface area contributed by atoms with Crippen molar-refractivity contribution in [2.24, 2.45) is 0 Å². The summed E-state index contributed by atoms with van der Waals surface area (Å²) in [5, 5.41) is 0. The summed E-state index contributed by atoms with van der Waals surface area (Å²) in [5.74, 6) is 0. The Kier molecular flexibility index (Phi) is 8.12. The van der Waals surface area contributed by atoms with Gasteiger partial charge in [-0.1, -0.05) is 41.5 Å². The highest BCUT2D eigenvalue weighted by molar-refractivity contribution is 6.77. The molecule has 0 bridgehead atoms. The minimum absolute atomic E-state index is 0.0624. The number of carbonyl (C=O) groups excluding carboxylic acids is 2. The van der Waals surface area contributed by atoms with Gasteiger partial charge in [-0.25, -0.2) is 4.79 Å². The van der Waals surface area contributed by atoms with Gasteiger partial charge in [-0.2, -0.15) is 0 Å². The van der Waals surface area contributed by atoms with Crippen LogP contribution in [0, 0.1) is 0 Å². The van der Waals surface area contributed by atoms with Crippen molar-refractivity contribution in [2.75, 3.05) is 0 Å². The van der Waals surface area contributed by atoms with Crippen LogP contribution in [0.25, 0.3) is 0 Å². The van der Waals surface area contributed by atoms with Gasteiger partial charge in [0.05, 0.1) is 18.2 Å².